The fourth-order valence-corrected chi connectivity index (χ4v) is 4.22. The van der Waals surface area contributed by atoms with Crippen molar-refractivity contribution in [3.05, 3.63) is 99.8 Å². The SMILES string of the molecule is CN(C)C(=O)c1cccc(Oc2nc(Oc3cc(Br)cc(C#N)c3)c3[nH]c(Cc4ccccc4)nc3n2)c1. The van der Waals surface area contributed by atoms with Crippen LogP contribution in [-0.4, -0.2) is 44.8 Å². The number of ether oxygens (including phenoxy) is 2. The molecule has 0 radical (unpaired) electrons. The molecule has 0 bridgehead atoms. The molecule has 188 valence electrons. The quantitative estimate of drug-likeness (QED) is 0.261. The first kappa shape index (κ1) is 24.9. The molecule has 9 nitrogen and oxygen atoms in total. The minimum Gasteiger partial charge on any atom is -0.437 e. The number of hydrogen-bond donors (Lipinski definition) is 1. The number of amides is 1. The lowest BCUT2D eigenvalue weighted by Gasteiger charge is -2.12. The first-order valence-electron chi connectivity index (χ1n) is 11.6. The number of carbonyl (C=O) groups is 1. The maximum absolute atomic E-state index is 12.4. The molecule has 5 aromatic rings. The Morgan fingerprint density at radius 3 is 2.55 bits per heavy atom. The van der Waals surface area contributed by atoms with E-state index in [1.807, 2.05) is 30.3 Å². The molecule has 2 heterocycles. The van der Waals surface area contributed by atoms with E-state index in [4.69, 9.17) is 9.47 Å². The van der Waals surface area contributed by atoms with Crippen molar-refractivity contribution in [1.82, 2.24) is 24.8 Å². The summed E-state index contributed by atoms with van der Waals surface area (Å²) in [5, 5.41) is 9.36. The molecule has 0 saturated carbocycles. The predicted molar refractivity (Wildman–Crippen MR) is 144 cm³/mol. The van der Waals surface area contributed by atoms with Gasteiger partial charge in [-0.2, -0.15) is 15.2 Å². The maximum Gasteiger partial charge on any atom is 0.327 e. The summed E-state index contributed by atoms with van der Waals surface area (Å²) in [7, 11) is 3.36. The lowest BCUT2D eigenvalue weighted by atomic mass is 10.1. The fraction of sp³-hybridized carbons (Fsp3) is 0.107. The third-order valence-corrected chi connectivity index (χ3v) is 5.93. The van der Waals surface area contributed by atoms with Gasteiger partial charge >= 0.3 is 6.01 Å². The van der Waals surface area contributed by atoms with E-state index in [9.17, 15) is 10.1 Å². The van der Waals surface area contributed by atoms with Crippen LogP contribution in [0.5, 0.6) is 23.4 Å². The average molecular weight is 569 g/mol. The normalized spacial score (nSPS) is 10.7. The third-order valence-electron chi connectivity index (χ3n) is 5.47. The minimum atomic E-state index is -0.156. The Kier molecular flexibility index (Phi) is 7.02. The number of aromatic nitrogens is 4. The summed E-state index contributed by atoms with van der Waals surface area (Å²) in [4.78, 5) is 30.8. The van der Waals surface area contributed by atoms with Crippen LogP contribution in [0.3, 0.4) is 0 Å². The second kappa shape index (κ2) is 10.7. The van der Waals surface area contributed by atoms with E-state index in [1.54, 1.807) is 56.6 Å². The summed E-state index contributed by atoms with van der Waals surface area (Å²) in [6.45, 7) is 0. The topological polar surface area (TPSA) is 117 Å². The van der Waals surface area contributed by atoms with Crippen LogP contribution in [0, 0.1) is 11.3 Å². The van der Waals surface area contributed by atoms with Gasteiger partial charge in [-0.3, -0.25) is 4.79 Å². The summed E-state index contributed by atoms with van der Waals surface area (Å²) in [5.74, 6) is 1.49. The molecule has 5 rings (SSSR count). The predicted octanol–water partition coefficient (Wildman–Crippen LogP) is 5.86. The molecule has 0 atom stereocenters. The van der Waals surface area contributed by atoms with Crippen LogP contribution in [0.4, 0.5) is 0 Å². The molecule has 0 spiro atoms. The van der Waals surface area contributed by atoms with Gasteiger partial charge in [-0.05, 0) is 42.0 Å². The van der Waals surface area contributed by atoms with Gasteiger partial charge in [0.05, 0.1) is 11.6 Å². The Balaban J connectivity index is 1.54. The average Bonchev–Trinajstić information content (AvgIpc) is 3.31. The van der Waals surface area contributed by atoms with Crippen molar-refractivity contribution < 1.29 is 14.3 Å². The first-order valence-corrected chi connectivity index (χ1v) is 12.4. The smallest absolute Gasteiger partial charge is 0.327 e. The molecular formula is C28H21BrN6O3. The molecule has 1 amide bonds. The highest BCUT2D eigenvalue weighted by atomic mass is 79.9. The Morgan fingerprint density at radius 1 is 0.974 bits per heavy atom. The summed E-state index contributed by atoms with van der Waals surface area (Å²) in [6.07, 6.45) is 0.553. The number of carbonyl (C=O) groups excluding carboxylic acids is 1. The first-order chi connectivity index (χ1) is 18.4. The minimum absolute atomic E-state index is 0.00443. The van der Waals surface area contributed by atoms with Crippen molar-refractivity contribution in [2.24, 2.45) is 0 Å². The Hall–Kier alpha value is -4.75. The summed E-state index contributed by atoms with van der Waals surface area (Å²) >= 11 is 3.41. The lowest BCUT2D eigenvalue weighted by Crippen LogP contribution is -2.21. The number of nitrogens with one attached hydrogen (secondary N) is 1. The maximum atomic E-state index is 12.4. The highest BCUT2D eigenvalue weighted by molar-refractivity contribution is 9.10. The molecule has 10 heteroatoms. The van der Waals surface area contributed by atoms with E-state index in [1.165, 1.54) is 4.90 Å². The van der Waals surface area contributed by atoms with Crippen LogP contribution < -0.4 is 9.47 Å². The highest BCUT2D eigenvalue weighted by Gasteiger charge is 2.18. The van der Waals surface area contributed by atoms with Crippen molar-refractivity contribution in [2.45, 2.75) is 6.42 Å². The molecule has 1 N–H and O–H groups in total. The number of fused-ring (bicyclic) bond motifs is 1. The molecule has 0 saturated heterocycles. The molecular weight excluding hydrogens is 548 g/mol. The molecule has 38 heavy (non-hydrogen) atoms. The summed E-state index contributed by atoms with van der Waals surface area (Å²) in [5.41, 5.74) is 2.80. The van der Waals surface area contributed by atoms with Crippen LogP contribution in [0.2, 0.25) is 0 Å². The van der Waals surface area contributed by atoms with Crippen molar-refractivity contribution in [3.63, 3.8) is 0 Å². The number of nitrogens with zero attached hydrogens (tertiary/aromatic N) is 5. The summed E-state index contributed by atoms with van der Waals surface area (Å²) in [6, 6.07) is 23.8. The van der Waals surface area contributed by atoms with Gasteiger partial charge in [0.15, 0.2) is 5.65 Å². The van der Waals surface area contributed by atoms with Gasteiger partial charge in [0.25, 0.3) is 11.8 Å². The number of benzene rings is 3. The molecule has 0 aliphatic heterocycles. The second-order valence-corrected chi connectivity index (χ2v) is 9.49. The number of H-pyrrole nitrogens is 1. The molecule has 0 unspecified atom stereocenters. The van der Waals surface area contributed by atoms with E-state index in [-0.39, 0.29) is 17.8 Å². The zero-order chi connectivity index (χ0) is 26.6. The second-order valence-electron chi connectivity index (χ2n) is 8.57. The van der Waals surface area contributed by atoms with Gasteiger partial charge in [-0.1, -0.05) is 52.3 Å². The summed E-state index contributed by atoms with van der Waals surface area (Å²) < 4.78 is 12.7. The van der Waals surface area contributed by atoms with E-state index in [0.717, 1.165) is 5.56 Å². The van der Waals surface area contributed by atoms with Gasteiger partial charge in [-0.25, -0.2) is 4.98 Å². The molecule has 2 aromatic heterocycles. The Labute approximate surface area is 226 Å². The standard InChI is InChI=1S/C28H21BrN6O3/c1-35(2)27(36)19-9-6-10-21(14-19)38-28-33-25-24(31-23(32-25)13-17-7-4-3-5-8-17)26(34-28)37-22-12-18(16-30)11-20(29)15-22/h3-12,14-15H,13H2,1-2H3,(H,31,32,33,34). The number of rotatable bonds is 7. The van der Waals surface area contributed by atoms with Crippen LogP contribution in [0.15, 0.2) is 77.3 Å². The number of hydrogen-bond acceptors (Lipinski definition) is 7. The molecule has 0 aliphatic carbocycles. The zero-order valence-corrected chi connectivity index (χ0v) is 22.1. The number of halogens is 1. The monoisotopic (exact) mass is 568 g/mol. The van der Waals surface area contributed by atoms with E-state index >= 15 is 0 Å². The van der Waals surface area contributed by atoms with Crippen molar-refractivity contribution in [2.75, 3.05) is 14.1 Å². The zero-order valence-electron chi connectivity index (χ0n) is 20.5. The third kappa shape index (κ3) is 5.63. The number of nitriles is 1. The lowest BCUT2D eigenvalue weighted by molar-refractivity contribution is 0.0827. The van der Waals surface area contributed by atoms with Crippen LogP contribution in [0.1, 0.15) is 27.3 Å². The Morgan fingerprint density at radius 2 is 1.79 bits per heavy atom. The fourth-order valence-electron chi connectivity index (χ4n) is 3.75. The number of aromatic amines is 1. The van der Waals surface area contributed by atoms with Gasteiger partial charge in [0, 0.05) is 30.6 Å². The van der Waals surface area contributed by atoms with Crippen molar-refractivity contribution >= 4 is 33.0 Å². The highest BCUT2D eigenvalue weighted by Crippen LogP contribution is 2.32. The molecule has 3 aromatic carbocycles. The van der Waals surface area contributed by atoms with Gasteiger partial charge in [0.1, 0.15) is 22.8 Å². The van der Waals surface area contributed by atoms with Crippen molar-refractivity contribution in [1.29, 1.82) is 5.26 Å². The molecule has 0 aliphatic rings. The van der Waals surface area contributed by atoms with Gasteiger partial charge in [0.2, 0.25) is 0 Å². The van der Waals surface area contributed by atoms with E-state index < -0.39 is 0 Å². The Bertz CT molecular complexity index is 1680. The van der Waals surface area contributed by atoms with Crippen molar-refractivity contribution in [3.8, 4) is 29.5 Å². The van der Waals surface area contributed by atoms with Gasteiger partial charge < -0.3 is 19.4 Å². The van der Waals surface area contributed by atoms with Gasteiger partial charge in [-0.15, -0.1) is 0 Å². The van der Waals surface area contributed by atoms with Crippen LogP contribution >= 0.6 is 15.9 Å². The van der Waals surface area contributed by atoms with E-state index in [0.29, 0.717) is 50.5 Å². The number of imidazole rings is 1. The van der Waals surface area contributed by atoms with Crippen LogP contribution in [-0.2, 0) is 6.42 Å². The van der Waals surface area contributed by atoms with Crippen LogP contribution in [0.25, 0.3) is 11.2 Å². The molecule has 0 fully saturated rings. The van der Waals surface area contributed by atoms with E-state index in [2.05, 4.69) is 41.9 Å². The largest absolute Gasteiger partial charge is 0.437 e.